The van der Waals surface area contributed by atoms with E-state index in [2.05, 4.69) is 4.98 Å². The quantitative estimate of drug-likeness (QED) is 0.489. The molecule has 0 spiro atoms. The summed E-state index contributed by atoms with van der Waals surface area (Å²) in [6.07, 6.45) is 3.11. The molecule has 0 aliphatic rings. The Morgan fingerprint density at radius 1 is 1.40 bits per heavy atom. The minimum atomic E-state index is -0.563. The zero-order valence-corrected chi connectivity index (χ0v) is 10.9. The standard InChI is InChI=1S/C14H8ClN3O2/c15-12-5-4-10(8-14(12)18(19)20)7-11(9-16)13-3-1-2-6-17-13/h1-8H/b11-7+. The van der Waals surface area contributed by atoms with Crippen molar-refractivity contribution in [1.29, 1.82) is 5.26 Å². The van der Waals surface area contributed by atoms with Gasteiger partial charge >= 0.3 is 0 Å². The van der Waals surface area contributed by atoms with Crippen LogP contribution in [0.4, 0.5) is 5.69 Å². The SMILES string of the molecule is N#C/C(=C\c1ccc(Cl)c([N+](=O)[O-])c1)c1ccccn1. The fraction of sp³-hybridized carbons (Fsp3) is 0. The molecule has 0 saturated heterocycles. The first kappa shape index (κ1) is 13.7. The summed E-state index contributed by atoms with van der Waals surface area (Å²) in [7, 11) is 0. The molecule has 2 rings (SSSR count). The van der Waals surface area contributed by atoms with Crippen molar-refractivity contribution in [3.8, 4) is 6.07 Å². The van der Waals surface area contributed by atoms with Gasteiger partial charge in [0.1, 0.15) is 11.1 Å². The van der Waals surface area contributed by atoms with Gasteiger partial charge in [-0.2, -0.15) is 5.26 Å². The summed E-state index contributed by atoms with van der Waals surface area (Å²) >= 11 is 5.74. The second-order valence-corrected chi connectivity index (χ2v) is 4.26. The average molecular weight is 286 g/mol. The molecule has 1 aromatic heterocycles. The van der Waals surface area contributed by atoms with Crippen molar-refractivity contribution >= 4 is 28.9 Å². The van der Waals surface area contributed by atoms with Crippen LogP contribution >= 0.6 is 11.6 Å². The molecule has 0 radical (unpaired) electrons. The molecule has 0 unspecified atom stereocenters. The smallest absolute Gasteiger partial charge is 0.258 e. The van der Waals surface area contributed by atoms with Crippen molar-refractivity contribution in [3.63, 3.8) is 0 Å². The minimum Gasteiger partial charge on any atom is -0.258 e. The van der Waals surface area contributed by atoms with E-state index in [0.717, 1.165) is 0 Å². The zero-order chi connectivity index (χ0) is 14.5. The lowest BCUT2D eigenvalue weighted by Crippen LogP contribution is -1.90. The number of rotatable bonds is 3. The number of allylic oxidation sites excluding steroid dienone is 1. The van der Waals surface area contributed by atoms with E-state index < -0.39 is 4.92 Å². The maximum atomic E-state index is 10.8. The highest BCUT2D eigenvalue weighted by atomic mass is 35.5. The highest BCUT2D eigenvalue weighted by Crippen LogP contribution is 2.26. The molecule has 0 bridgehead atoms. The van der Waals surface area contributed by atoms with E-state index in [1.54, 1.807) is 30.5 Å². The lowest BCUT2D eigenvalue weighted by molar-refractivity contribution is -0.384. The first-order chi connectivity index (χ1) is 9.61. The first-order valence-corrected chi connectivity index (χ1v) is 5.97. The van der Waals surface area contributed by atoms with E-state index in [1.807, 2.05) is 6.07 Å². The van der Waals surface area contributed by atoms with Gasteiger partial charge in [0.25, 0.3) is 5.69 Å². The second kappa shape index (κ2) is 5.95. The molecule has 1 aromatic carbocycles. The molecule has 0 atom stereocenters. The molecule has 2 aromatic rings. The van der Waals surface area contributed by atoms with Crippen molar-refractivity contribution in [2.75, 3.05) is 0 Å². The van der Waals surface area contributed by atoms with E-state index in [4.69, 9.17) is 16.9 Å². The van der Waals surface area contributed by atoms with Crippen LogP contribution in [0.3, 0.4) is 0 Å². The summed E-state index contributed by atoms with van der Waals surface area (Å²) < 4.78 is 0. The topological polar surface area (TPSA) is 79.8 Å². The van der Waals surface area contributed by atoms with Crippen molar-refractivity contribution in [1.82, 2.24) is 4.98 Å². The molecular weight excluding hydrogens is 278 g/mol. The number of nitro groups is 1. The van der Waals surface area contributed by atoms with E-state index in [1.165, 1.54) is 18.2 Å². The number of nitriles is 1. The number of hydrogen-bond donors (Lipinski definition) is 0. The molecule has 20 heavy (non-hydrogen) atoms. The van der Waals surface area contributed by atoms with Crippen molar-refractivity contribution in [2.45, 2.75) is 0 Å². The van der Waals surface area contributed by atoms with E-state index in [-0.39, 0.29) is 10.7 Å². The van der Waals surface area contributed by atoms with Gasteiger partial charge in [0.05, 0.1) is 16.2 Å². The first-order valence-electron chi connectivity index (χ1n) is 5.59. The molecule has 0 N–H and O–H groups in total. The average Bonchev–Trinajstić information content (AvgIpc) is 2.47. The van der Waals surface area contributed by atoms with Gasteiger partial charge in [-0.1, -0.05) is 23.7 Å². The number of halogens is 1. The third kappa shape index (κ3) is 2.99. The highest BCUT2D eigenvalue weighted by Gasteiger charge is 2.12. The lowest BCUT2D eigenvalue weighted by atomic mass is 10.1. The summed E-state index contributed by atoms with van der Waals surface area (Å²) in [4.78, 5) is 14.3. The van der Waals surface area contributed by atoms with E-state index >= 15 is 0 Å². The molecule has 1 heterocycles. The third-order valence-electron chi connectivity index (χ3n) is 2.54. The van der Waals surface area contributed by atoms with Crippen molar-refractivity contribution < 1.29 is 4.92 Å². The van der Waals surface area contributed by atoms with Crippen LogP contribution in [0.15, 0.2) is 42.6 Å². The zero-order valence-electron chi connectivity index (χ0n) is 10.2. The Morgan fingerprint density at radius 3 is 2.80 bits per heavy atom. The summed E-state index contributed by atoms with van der Waals surface area (Å²) in [5, 5.41) is 20.0. The van der Waals surface area contributed by atoms with Gasteiger partial charge in [0.15, 0.2) is 0 Å². The molecule has 0 fully saturated rings. The van der Waals surface area contributed by atoms with Crippen molar-refractivity contribution in [3.05, 3.63) is 69.0 Å². The minimum absolute atomic E-state index is 0.0588. The number of nitrogens with zero attached hydrogens (tertiary/aromatic N) is 3. The van der Waals surface area contributed by atoms with Gasteiger partial charge in [-0.3, -0.25) is 15.1 Å². The molecule has 0 saturated carbocycles. The highest BCUT2D eigenvalue weighted by molar-refractivity contribution is 6.32. The molecular formula is C14H8ClN3O2. The number of hydrogen-bond acceptors (Lipinski definition) is 4. The van der Waals surface area contributed by atoms with Crippen LogP contribution < -0.4 is 0 Å². The summed E-state index contributed by atoms with van der Waals surface area (Å²) in [5.41, 5.74) is 1.15. The van der Waals surface area contributed by atoms with Gasteiger partial charge in [-0.25, -0.2) is 0 Å². The van der Waals surface area contributed by atoms with E-state index in [0.29, 0.717) is 16.8 Å². The lowest BCUT2D eigenvalue weighted by Gasteiger charge is -2.00. The number of aromatic nitrogens is 1. The maximum Gasteiger partial charge on any atom is 0.288 e. The van der Waals surface area contributed by atoms with Gasteiger partial charge < -0.3 is 0 Å². The van der Waals surface area contributed by atoms with Crippen LogP contribution in [0.25, 0.3) is 11.6 Å². The number of benzene rings is 1. The Balaban J connectivity index is 2.47. The second-order valence-electron chi connectivity index (χ2n) is 3.85. The van der Waals surface area contributed by atoms with Crippen LogP contribution in [0.2, 0.25) is 5.02 Å². The van der Waals surface area contributed by atoms with Crippen LogP contribution in [0, 0.1) is 21.4 Å². The predicted molar refractivity (Wildman–Crippen MR) is 75.8 cm³/mol. The van der Waals surface area contributed by atoms with Crippen LogP contribution in [0.5, 0.6) is 0 Å². The molecule has 5 nitrogen and oxygen atoms in total. The Bertz CT molecular complexity index is 721. The van der Waals surface area contributed by atoms with Gasteiger partial charge in [-0.05, 0) is 29.8 Å². The summed E-state index contributed by atoms with van der Waals surface area (Å²) in [6.45, 7) is 0. The Morgan fingerprint density at radius 2 is 2.20 bits per heavy atom. The Kier molecular flexibility index (Phi) is 4.08. The van der Waals surface area contributed by atoms with E-state index in [9.17, 15) is 10.1 Å². The summed E-state index contributed by atoms with van der Waals surface area (Å²) in [6, 6.07) is 11.6. The van der Waals surface area contributed by atoms with Gasteiger partial charge in [0, 0.05) is 12.3 Å². The Hall–Kier alpha value is -2.71. The molecule has 0 amide bonds. The van der Waals surface area contributed by atoms with Gasteiger partial charge in [-0.15, -0.1) is 0 Å². The normalized spacial score (nSPS) is 10.9. The number of pyridine rings is 1. The Labute approximate surface area is 119 Å². The molecule has 6 heteroatoms. The van der Waals surface area contributed by atoms with Crippen LogP contribution in [0.1, 0.15) is 11.3 Å². The maximum absolute atomic E-state index is 10.8. The largest absolute Gasteiger partial charge is 0.288 e. The fourth-order valence-corrected chi connectivity index (χ4v) is 1.80. The molecule has 0 aliphatic heterocycles. The molecule has 98 valence electrons. The summed E-state index contributed by atoms with van der Waals surface area (Å²) in [5.74, 6) is 0. The predicted octanol–water partition coefficient (Wildman–Crippen LogP) is 3.71. The third-order valence-corrected chi connectivity index (χ3v) is 2.86. The number of nitro benzene ring substituents is 1. The molecule has 0 aliphatic carbocycles. The van der Waals surface area contributed by atoms with Gasteiger partial charge in [0.2, 0.25) is 0 Å². The fourth-order valence-electron chi connectivity index (χ4n) is 1.61. The van der Waals surface area contributed by atoms with Crippen molar-refractivity contribution in [2.24, 2.45) is 0 Å². The monoisotopic (exact) mass is 285 g/mol. The van der Waals surface area contributed by atoms with Crippen LogP contribution in [-0.4, -0.2) is 9.91 Å². The van der Waals surface area contributed by atoms with Crippen LogP contribution in [-0.2, 0) is 0 Å².